The molecule has 0 fully saturated rings. The molecule has 1 aromatic heterocycles. The van der Waals surface area contributed by atoms with Gasteiger partial charge in [-0.1, -0.05) is 24.6 Å². The van der Waals surface area contributed by atoms with Crippen LogP contribution in [-0.2, 0) is 6.54 Å². The summed E-state index contributed by atoms with van der Waals surface area (Å²) in [7, 11) is 1.98. The number of nitrogens with one attached hydrogen (secondary N) is 1. The van der Waals surface area contributed by atoms with Crippen molar-refractivity contribution in [1.82, 2.24) is 10.3 Å². The molecule has 1 N–H and O–H groups in total. The molecule has 1 heterocycles. The molecule has 1 rings (SSSR count). The van der Waals surface area contributed by atoms with Crippen LogP contribution in [0.1, 0.15) is 12.6 Å². The van der Waals surface area contributed by atoms with Gasteiger partial charge in [-0.3, -0.25) is 0 Å². The SMILES string of the molecule is C=CCN(C)c1ccc(Cl)c(CNCC)n1. The maximum absolute atomic E-state index is 6.07. The fourth-order valence-electron chi connectivity index (χ4n) is 1.34. The zero-order chi connectivity index (χ0) is 12.0. The average molecular weight is 240 g/mol. The second-order valence-corrected chi connectivity index (χ2v) is 3.95. The van der Waals surface area contributed by atoms with Gasteiger partial charge in [-0.25, -0.2) is 4.98 Å². The highest BCUT2D eigenvalue weighted by Crippen LogP contribution is 2.18. The lowest BCUT2D eigenvalue weighted by atomic mass is 10.3. The van der Waals surface area contributed by atoms with Gasteiger partial charge in [-0.05, 0) is 18.7 Å². The predicted molar refractivity (Wildman–Crippen MR) is 70.1 cm³/mol. The third kappa shape index (κ3) is 3.51. The van der Waals surface area contributed by atoms with Gasteiger partial charge in [0.1, 0.15) is 5.82 Å². The predicted octanol–water partition coefficient (Wildman–Crippen LogP) is 2.47. The summed E-state index contributed by atoms with van der Waals surface area (Å²) < 4.78 is 0. The summed E-state index contributed by atoms with van der Waals surface area (Å²) in [6.07, 6.45) is 1.85. The second-order valence-electron chi connectivity index (χ2n) is 3.55. The molecule has 0 saturated heterocycles. The Bertz CT molecular complexity index is 352. The van der Waals surface area contributed by atoms with Gasteiger partial charge in [0.05, 0.1) is 10.7 Å². The fourth-order valence-corrected chi connectivity index (χ4v) is 1.51. The molecule has 3 nitrogen and oxygen atoms in total. The molecule has 0 aliphatic rings. The Morgan fingerprint density at radius 1 is 1.56 bits per heavy atom. The van der Waals surface area contributed by atoms with Gasteiger partial charge in [0.15, 0.2) is 0 Å². The van der Waals surface area contributed by atoms with Crippen molar-refractivity contribution in [2.45, 2.75) is 13.5 Å². The van der Waals surface area contributed by atoms with Crippen molar-refractivity contribution in [3.05, 3.63) is 35.5 Å². The molecule has 1 aromatic rings. The number of likely N-dealkylation sites (N-methyl/N-ethyl adjacent to an activating group) is 1. The first-order valence-corrected chi connectivity index (χ1v) is 5.75. The van der Waals surface area contributed by atoms with Crippen molar-refractivity contribution >= 4 is 17.4 Å². The summed E-state index contributed by atoms with van der Waals surface area (Å²) in [6.45, 7) is 8.15. The van der Waals surface area contributed by atoms with Gasteiger partial charge in [-0.15, -0.1) is 6.58 Å². The molecule has 0 amide bonds. The minimum absolute atomic E-state index is 0.700. The highest BCUT2D eigenvalue weighted by Gasteiger charge is 2.06. The number of hydrogen-bond acceptors (Lipinski definition) is 3. The minimum Gasteiger partial charge on any atom is -0.356 e. The molecular weight excluding hydrogens is 222 g/mol. The number of anilines is 1. The van der Waals surface area contributed by atoms with Crippen molar-refractivity contribution < 1.29 is 0 Å². The molecule has 0 atom stereocenters. The normalized spacial score (nSPS) is 10.2. The van der Waals surface area contributed by atoms with E-state index in [9.17, 15) is 0 Å². The van der Waals surface area contributed by atoms with Gasteiger partial charge in [0, 0.05) is 20.1 Å². The van der Waals surface area contributed by atoms with E-state index in [-0.39, 0.29) is 0 Å². The molecule has 4 heteroatoms. The first-order chi connectivity index (χ1) is 7.69. The summed E-state index contributed by atoms with van der Waals surface area (Å²) >= 11 is 6.07. The van der Waals surface area contributed by atoms with Crippen molar-refractivity contribution in [3.63, 3.8) is 0 Å². The van der Waals surface area contributed by atoms with Gasteiger partial charge in [-0.2, -0.15) is 0 Å². The maximum Gasteiger partial charge on any atom is 0.128 e. The molecular formula is C12H18ClN3. The van der Waals surface area contributed by atoms with Crippen molar-refractivity contribution in [2.24, 2.45) is 0 Å². The van der Waals surface area contributed by atoms with Crippen LogP contribution < -0.4 is 10.2 Å². The zero-order valence-electron chi connectivity index (χ0n) is 9.83. The number of rotatable bonds is 6. The van der Waals surface area contributed by atoms with E-state index in [1.807, 2.05) is 30.2 Å². The molecule has 16 heavy (non-hydrogen) atoms. The van der Waals surface area contributed by atoms with E-state index in [1.54, 1.807) is 0 Å². The van der Waals surface area contributed by atoms with E-state index >= 15 is 0 Å². The van der Waals surface area contributed by atoms with Gasteiger partial charge in [0.25, 0.3) is 0 Å². The quantitative estimate of drug-likeness (QED) is 0.773. The average Bonchev–Trinajstić information content (AvgIpc) is 2.28. The Hall–Kier alpha value is -1.06. The van der Waals surface area contributed by atoms with Crippen molar-refractivity contribution in [2.75, 3.05) is 25.0 Å². The van der Waals surface area contributed by atoms with Crippen LogP contribution >= 0.6 is 11.6 Å². The largest absolute Gasteiger partial charge is 0.356 e. The maximum atomic E-state index is 6.07. The van der Waals surface area contributed by atoms with Crippen LogP contribution in [0.4, 0.5) is 5.82 Å². The van der Waals surface area contributed by atoms with E-state index in [0.717, 1.165) is 24.6 Å². The molecule has 0 bridgehead atoms. The topological polar surface area (TPSA) is 28.2 Å². The van der Waals surface area contributed by atoms with Crippen molar-refractivity contribution in [1.29, 1.82) is 0 Å². The van der Waals surface area contributed by atoms with E-state index in [0.29, 0.717) is 11.6 Å². The van der Waals surface area contributed by atoms with E-state index in [1.165, 1.54) is 0 Å². The zero-order valence-corrected chi connectivity index (χ0v) is 10.6. The third-order valence-electron chi connectivity index (χ3n) is 2.24. The molecule has 0 saturated carbocycles. The Morgan fingerprint density at radius 3 is 2.94 bits per heavy atom. The third-order valence-corrected chi connectivity index (χ3v) is 2.58. The van der Waals surface area contributed by atoms with Crippen LogP contribution in [0.5, 0.6) is 0 Å². The van der Waals surface area contributed by atoms with E-state index in [2.05, 4.69) is 23.8 Å². The lowest BCUT2D eigenvalue weighted by molar-refractivity contribution is 0.710. The Labute approximate surface area is 102 Å². The number of pyridine rings is 1. The highest BCUT2D eigenvalue weighted by molar-refractivity contribution is 6.31. The van der Waals surface area contributed by atoms with Crippen LogP contribution in [-0.4, -0.2) is 25.1 Å². The van der Waals surface area contributed by atoms with Crippen LogP contribution in [0, 0.1) is 0 Å². The number of hydrogen-bond donors (Lipinski definition) is 1. The molecule has 0 radical (unpaired) electrons. The standard InChI is InChI=1S/C12H18ClN3/c1-4-8-16(3)12-7-6-10(13)11(15-12)9-14-5-2/h4,6-7,14H,1,5,8-9H2,2-3H3. The fraction of sp³-hybridized carbons (Fsp3) is 0.417. The second kappa shape index (κ2) is 6.51. The molecule has 0 spiro atoms. The lowest BCUT2D eigenvalue weighted by Crippen LogP contribution is -2.20. The highest BCUT2D eigenvalue weighted by atomic mass is 35.5. The number of halogens is 1. The molecule has 0 aromatic carbocycles. The number of nitrogens with zero attached hydrogens (tertiary/aromatic N) is 2. The van der Waals surface area contributed by atoms with Crippen LogP contribution in [0.2, 0.25) is 5.02 Å². The summed E-state index contributed by atoms with van der Waals surface area (Å²) in [5, 5.41) is 3.92. The van der Waals surface area contributed by atoms with Crippen LogP contribution in [0.25, 0.3) is 0 Å². The van der Waals surface area contributed by atoms with E-state index in [4.69, 9.17) is 11.6 Å². The molecule has 88 valence electrons. The first kappa shape index (κ1) is 13.0. The van der Waals surface area contributed by atoms with Gasteiger partial charge >= 0.3 is 0 Å². The smallest absolute Gasteiger partial charge is 0.128 e. The summed E-state index contributed by atoms with van der Waals surface area (Å²) in [5.74, 6) is 0.914. The van der Waals surface area contributed by atoms with Crippen molar-refractivity contribution in [3.8, 4) is 0 Å². The van der Waals surface area contributed by atoms with E-state index < -0.39 is 0 Å². The molecule has 0 aliphatic heterocycles. The summed E-state index contributed by atoms with van der Waals surface area (Å²) in [4.78, 5) is 6.54. The van der Waals surface area contributed by atoms with Gasteiger partial charge in [0.2, 0.25) is 0 Å². The number of aromatic nitrogens is 1. The molecule has 0 unspecified atom stereocenters. The Kier molecular flexibility index (Phi) is 5.29. The van der Waals surface area contributed by atoms with Gasteiger partial charge < -0.3 is 10.2 Å². The molecule has 0 aliphatic carbocycles. The lowest BCUT2D eigenvalue weighted by Gasteiger charge is -2.17. The Balaban J connectivity index is 2.83. The Morgan fingerprint density at radius 2 is 2.31 bits per heavy atom. The minimum atomic E-state index is 0.700. The summed E-state index contributed by atoms with van der Waals surface area (Å²) in [5.41, 5.74) is 0.886. The first-order valence-electron chi connectivity index (χ1n) is 5.37. The summed E-state index contributed by atoms with van der Waals surface area (Å²) in [6, 6.07) is 3.80. The van der Waals surface area contributed by atoms with Crippen LogP contribution in [0.15, 0.2) is 24.8 Å². The monoisotopic (exact) mass is 239 g/mol. The van der Waals surface area contributed by atoms with Crippen LogP contribution in [0.3, 0.4) is 0 Å².